The molecule has 5 heteroatoms. The van der Waals surface area contributed by atoms with Gasteiger partial charge in [-0.1, -0.05) is 12.1 Å². The Labute approximate surface area is 81.1 Å². The van der Waals surface area contributed by atoms with Crippen LogP contribution in [-0.4, -0.2) is 11.2 Å². The Morgan fingerprint density at radius 2 is 2.07 bits per heavy atom. The third kappa shape index (κ3) is 3.42. The van der Waals surface area contributed by atoms with Gasteiger partial charge in [0.1, 0.15) is 6.61 Å². The number of esters is 1. The van der Waals surface area contributed by atoms with E-state index >= 15 is 0 Å². The van der Waals surface area contributed by atoms with Crippen LogP contribution in [0.3, 0.4) is 0 Å². The average Bonchev–Trinajstić information content (AvgIpc) is 2.17. The number of ether oxygens (including phenoxy) is 1. The molecule has 1 aromatic rings. The first kappa shape index (κ1) is 10.5. The van der Waals surface area contributed by atoms with E-state index in [1.54, 1.807) is 24.3 Å². The summed E-state index contributed by atoms with van der Waals surface area (Å²) < 4.78 is 4.79. The van der Waals surface area contributed by atoms with Crippen molar-refractivity contribution in [2.45, 2.75) is 13.5 Å². The number of hydrogen-bond acceptors (Lipinski definition) is 5. The average molecular weight is 197 g/mol. The number of hydrogen-bond donors (Lipinski definition) is 2. The summed E-state index contributed by atoms with van der Waals surface area (Å²) in [5.74, 6) is -0.314. The van der Waals surface area contributed by atoms with Crippen LogP contribution in [0.1, 0.15) is 12.5 Å². The van der Waals surface area contributed by atoms with Gasteiger partial charge in [-0.3, -0.25) is 4.79 Å². The summed E-state index contributed by atoms with van der Waals surface area (Å²) in [5, 5.41) is 8.08. The van der Waals surface area contributed by atoms with Gasteiger partial charge in [-0.05, 0) is 17.7 Å². The summed E-state index contributed by atoms with van der Waals surface area (Å²) >= 11 is 0. The topological polar surface area (TPSA) is 67.8 Å². The number of carbonyl (C=O) groups is 1. The molecule has 0 spiro atoms. The standard InChI is InChI=1S/C9H11NO4/c1-7(11)13-6-8-2-4-9(5-3-8)10-14-12/h2-5,10,12H,6H2,1H3. The zero-order valence-corrected chi connectivity index (χ0v) is 7.69. The maximum Gasteiger partial charge on any atom is 0.302 e. The van der Waals surface area contributed by atoms with Gasteiger partial charge in [0.2, 0.25) is 0 Å². The van der Waals surface area contributed by atoms with Crippen molar-refractivity contribution in [3.63, 3.8) is 0 Å². The van der Waals surface area contributed by atoms with Gasteiger partial charge < -0.3 is 4.74 Å². The zero-order valence-electron chi connectivity index (χ0n) is 7.69. The van der Waals surface area contributed by atoms with Gasteiger partial charge in [0, 0.05) is 6.92 Å². The highest BCUT2D eigenvalue weighted by atomic mass is 17.2. The summed E-state index contributed by atoms with van der Waals surface area (Å²) in [6.07, 6.45) is 0. The summed E-state index contributed by atoms with van der Waals surface area (Å²) in [4.78, 5) is 14.2. The van der Waals surface area contributed by atoms with Crippen LogP contribution >= 0.6 is 0 Å². The molecule has 0 aliphatic carbocycles. The number of nitrogens with one attached hydrogen (secondary N) is 1. The monoisotopic (exact) mass is 197 g/mol. The van der Waals surface area contributed by atoms with Crippen molar-refractivity contribution in [1.29, 1.82) is 0 Å². The molecule has 5 nitrogen and oxygen atoms in total. The number of carbonyl (C=O) groups excluding carboxylic acids is 1. The van der Waals surface area contributed by atoms with Crippen molar-refractivity contribution in [2.24, 2.45) is 0 Å². The molecule has 1 aromatic carbocycles. The minimum absolute atomic E-state index is 0.246. The summed E-state index contributed by atoms with van der Waals surface area (Å²) in [6.45, 7) is 1.60. The molecule has 0 unspecified atom stereocenters. The molecule has 0 aliphatic rings. The quantitative estimate of drug-likeness (QED) is 0.435. The molecule has 0 saturated heterocycles. The van der Waals surface area contributed by atoms with Gasteiger partial charge in [0.15, 0.2) is 0 Å². The van der Waals surface area contributed by atoms with Crippen LogP contribution < -0.4 is 5.48 Å². The molecular weight excluding hydrogens is 186 g/mol. The second kappa shape index (κ2) is 5.21. The van der Waals surface area contributed by atoms with E-state index in [4.69, 9.17) is 9.99 Å². The highest BCUT2D eigenvalue weighted by Gasteiger charge is 1.96. The van der Waals surface area contributed by atoms with E-state index < -0.39 is 0 Å². The number of anilines is 1. The van der Waals surface area contributed by atoms with E-state index in [0.29, 0.717) is 5.69 Å². The first-order chi connectivity index (χ1) is 6.72. The molecule has 76 valence electrons. The third-order valence-electron chi connectivity index (χ3n) is 1.56. The van der Waals surface area contributed by atoms with Crippen molar-refractivity contribution in [3.8, 4) is 0 Å². The summed E-state index contributed by atoms with van der Waals surface area (Å²) in [5.41, 5.74) is 3.72. The molecule has 0 amide bonds. The SMILES string of the molecule is CC(=O)OCc1ccc(NOO)cc1. The molecule has 1 rings (SSSR count). The maximum atomic E-state index is 10.5. The Hall–Kier alpha value is -1.59. The normalized spacial score (nSPS) is 9.57. The number of benzene rings is 1. The lowest BCUT2D eigenvalue weighted by Gasteiger charge is -2.04. The predicted octanol–water partition coefficient (Wildman–Crippen LogP) is 1.57. The van der Waals surface area contributed by atoms with Crippen molar-refractivity contribution in [2.75, 3.05) is 5.48 Å². The number of rotatable bonds is 4. The summed E-state index contributed by atoms with van der Waals surface area (Å²) in [7, 11) is 0. The Bertz CT molecular complexity index is 296. The molecule has 0 atom stereocenters. The fraction of sp³-hybridized carbons (Fsp3) is 0.222. The molecule has 2 N–H and O–H groups in total. The van der Waals surface area contributed by atoms with Crippen molar-refractivity contribution in [1.82, 2.24) is 0 Å². The summed E-state index contributed by atoms with van der Waals surface area (Å²) in [6, 6.07) is 6.89. The Morgan fingerprint density at radius 1 is 1.43 bits per heavy atom. The van der Waals surface area contributed by atoms with Crippen LogP contribution in [0.4, 0.5) is 5.69 Å². The van der Waals surface area contributed by atoms with Gasteiger partial charge in [0.05, 0.1) is 5.69 Å². The first-order valence-electron chi connectivity index (χ1n) is 4.01. The van der Waals surface area contributed by atoms with E-state index in [0.717, 1.165) is 5.56 Å². The molecule has 0 radical (unpaired) electrons. The van der Waals surface area contributed by atoms with E-state index in [2.05, 4.69) is 10.5 Å². The maximum absolute atomic E-state index is 10.5. The molecule has 0 saturated carbocycles. The fourth-order valence-corrected chi connectivity index (χ4v) is 0.907. The Balaban J connectivity index is 2.50. The van der Waals surface area contributed by atoms with Gasteiger partial charge in [-0.2, -0.15) is 0 Å². The van der Waals surface area contributed by atoms with E-state index in [1.165, 1.54) is 6.92 Å². The molecule has 0 heterocycles. The largest absolute Gasteiger partial charge is 0.461 e. The lowest BCUT2D eigenvalue weighted by molar-refractivity contribution is -0.215. The first-order valence-corrected chi connectivity index (χ1v) is 4.01. The van der Waals surface area contributed by atoms with Crippen LogP contribution in [-0.2, 0) is 21.1 Å². The molecule has 0 aliphatic heterocycles. The molecule has 14 heavy (non-hydrogen) atoms. The van der Waals surface area contributed by atoms with Crippen LogP contribution in [0.2, 0.25) is 0 Å². The fourth-order valence-electron chi connectivity index (χ4n) is 0.907. The Kier molecular flexibility index (Phi) is 3.90. The molecular formula is C9H11NO4. The van der Waals surface area contributed by atoms with E-state index in [1.807, 2.05) is 0 Å². The third-order valence-corrected chi connectivity index (χ3v) is 1.56. The van der Waals surface area contributed by atoms with E-state index in [-0.39, 0.29) is 12.6 Å². The minimum Gasteiger partial charge on any atom is -0.461 e. The highest BCUT2D eigenvalue weighted by molar-refractivity contribution is 5.65. The lowest BCUT2D eigenvalue weighted by Crippen LogP contribution is -1.99. The van der Waals surface area contributed by atoms with Crippen molar-refractivity contribution < 1.29 is 19.8 Å². The predicted molar refractivity (Wildman–Crippen MR) is 49.2 cm³/mol. The van der Waals surface area contributed by atoms with Crippen LogP contribution in [0.5, 0.6) is 0 Å². The zero-order chi connectivity index (χ0) is 10.4. The molecule has 0 bridgehead atoms. The van der Waals surface area contributed by atoms with Gasteiger partial charge in [0.25, 0.3) is 0 Å². The van der Waals surface area contributed by atoms with Gasteiger partial charge in [-0.15, -0.1) is 4.99 Å². The smallest absolute Gasteiger partial charge is 0.302 e. The van der Waals surface area contributed by atoms with Crippen LogP contribution in [0.15, 0.2) is 24.3 Å². The second-order valence-corrected chi connectivity index (χ2v) is 2.67. The van der Waals surface area contributed by atoms with Crippen molar-refractivity contribution >= 4 is 11.7 Å². The molecule has 0 fully saturated rings. The van der Waals surface area contributed by atoms with Crippen molar-refractivity contribution in [3.05, 3.63) is 29.8 Å². The van der Waals surface area contributed by atoms with Crippen LogP contribution in [0, 0.1) is 0 Å². The van der Waals surface area contributed by atoms with E-state index in [9.17, 15) is 4.79 Å². The van der Waals surface area contributed by atoms with Gasteiger partial charge in [-0.25, -0.2) is 10.7 Å². The lowest BCUT2D eigenvalue weighted by atomic mass is 10.2. The minimum atomic E-state index is -0.314. The van der Waals surface area contributed by atoms with Gasteiger partial charge >= 0.3 is 5.97 Å². The molecule has 0 aromatic heterocycles. The second-order valence-electron chi connectivity index (χ2n) is 2.67. The van der Waals surface area contributed by atoms with Crippen LogP contribution in [0.25, 0.3) is 0 Å². The highest BCUT2D eigenvalue weighted by Crippen LogP contribution is 2.09. The Morgan fingerprint density at radius 3 is 2.57 bits per heavy atom.